The molecule has 0 aliphatic heterocycles. The van der Waals surface area contributed by atoms with Crippen LogP contribution < -0.4 is 31.4 Å². The Hall–Kier alpha value is -6.62. The SMILES string of the molecule is CCC(CC)Nc1c([N+](=O)[O-])cc(C)c(C)c1[N+](=O)[O-].CCc1ccc(COc2ccc(-n3c(=O)cc(C(F)(F)F)n(C)c3=O)cc2)c(OC(C)C(=O)OC)c1.O=C(O)CNCP(=O)(O)O. The maximum Gasteiger partial charge on any atom is 0.431 e. The van der Waals surface area contributed by atoms with Gasteiger partial charge in [-0.2, -0.15) is 13.2 Å². The minimum absolute atomic E-state index is 0.0109. The van der Waals surface area contributed by atoms with Gasteiger partial charge in [0.1, 0.15) is 23.8 Å². The number of nitro benzene ring substituents is 2. The Morgan fingerprint density at radius 2 is 1.56 bits per heavy atom. The summed E-state index contributed by atoms with van der Waals surface area (Å²) in [7, 11) is -1.88. The summed E-state index contributed by atoms with van der Waals surface area (Å²) in [6.45, 7) is 10.3. The summed E-state index contributed by atoms with van der Waals surface area (Å²) >= 11 is 0. The van der Waals surface area contributed by atoms with Gasteiger partial charge in [-0.05, 0) is 81.5 Å². The molecule has 0 spiro atoms. The third kappa shape index (κ3) is 16.1. The van der Waals surface area contributed by atoms with E-state index >= 15 is 0 Å². The van der Waals surface area contributed by atoms with Crippen molar-refractivity contribution in [3.05, 3.63) is 124 Å². The van der Waals surface area contributed by atoms with Gasteiger partial charge in [-0.3, -0.25) is 44.3 Å². The molecule has 0 bridgehead atoms. The van der Waals surface area contributed by atoms with Crippen LogP contribution in [-0.4, -0.2) is 77.9 Å². The number of hydrogen-bond donors (Lipinski definition) is 5. The van der Waals surface area contributed by atoms with Gasteiger partial charge in [0.2, 0.25) is 0 Å². The number of hydrogen-bond acceptors (Lipinski definition) is 14. The van der Waals surface area contributed by atoms with E-state index in [1.54, 1.807) is 20.8 Å². The summed E-state index contributed by atoms with van der Waals surface area (Å²) in [5, 5.41) is 35.5. The highest BCUT2D eigenvalue weighted by Gasteiger charge is 2.35. The molecule has 0 aliphatic carbocycles. The van der Waals surface area contributed by atoms with Gasteiger partial charge in [0.15, 0.2) is 11.8 Å². The van der Waals surface area contributed by atoms with Crippen molar-refractivity contribution in [3.8, 4) is 17.2 Å². The number of aryl methyl sites for hydroxylation is 2. The predicted octanol–water partition coefficient (Wildman–Crippen LogP) is 6.15. The maximum absolute atomic E-state index is 13.1. The molecule has 5 N–H and O–H groups in total. The molecule has 3 aromatic carbocycles. The number of nitrogens with zero attached hydrogens (tertiary/aromatic N) is 4. The average Bonchev–Trinajstić information content (AvgIpc) is 3.24. The summed E-state index contributed by atoms with van der Waals surface area (Å²) < 4.78 is 66.5. The fraction of sp³-hybridized carbons (Fsp3) is 0.415. The van der Waals surface area contributed by atoms with Gasteiger partial charge in [0, 0.05) is 36.3 Å². The van der Waals surface area contributed by atoms with Crippen LogP contribution in [0.1, 0.15) is 68.5 Å². The van der Waals surface area contributed by atoms with Gasteiger partial charge in [0.05, 0.1) is 35.5 Å². The fourth-order valence-electron chi connectivity index (χ4n) is 5.84. The van der Waals surface area contributed by atoms with E-state index in [1.807, 2.05) is 39.0 Å². The van der Waals surface area contributed by atoms with Crippen LogP contribution in [0.4, 0.5) is 30.2 Å². The van der Waals surface area contributed by atoms with Gasteiger partial charge >= 0.3 is 37.1 Å². The standard InChI is InChI=1S/C25H25F3N2O6.C13H19N3O4.C3H8NO5P/c1-5-16-6-7-17(20(12-16)36-15(2)23(32)34-4)14-35-19-10-8-18(9-11-19)30-22(31)13-21(25(26,27)28)29(3)24(30)33;1-5-10(6-2)14-12-11(15(17)18)7-8(3)9(4)13(12)16(19)20;5-3(6)1-4-2-10(7,8)9/h6-13,15H,5,14H2,1-4H3;7,10,14H,5-6H2,1-4H3;4H,1-2H2,(H,5,6)(H2,7,8,9). The van der Waals surface area contributed by atoms with E-state index < -0.39 is 71.4 Å². The number of anilines is 1. The van der Waals surface area contributed by atoms with E-state index in [1.165, 1.54) is 37.4 Å². The van der Waals surface area contributed by atoms with Crippen LogP contribution in [-0.2, 0) is 45.1 Å². The van der Waals surface area contributed by atoms with Crippen molar-refractivity contribution in [1.82, 2.24) is 14.5 Å². The second kappa shape index (κ2) is 24.6. The number of nitro groups is 2. The van der Waals surface area contributed by atoms with Gasteiger partial charge in [0.25, 0.3) is 11.2 Å². The van der Waals surface area contributed by atoms with Crippen LogP contribution in [0.3, 0.4) is 0 Å². The lowest BCUT2D eigenvalue weighted by atomic mass is 10.0. The first-order valence-electron chi connectivity index (χ1n) is 19.9. The van der Waals surface area contributed by atoms with Crippen molar-refractivity contribution in [2.24, 2.45) is 7.05 Å². The number of esters is 1. The molecule has 21 nitrogen and oxygen atoms in total. The van der Waals surface area contributed by atoms with E-state index in [4.69, 9.17) is 29.1 Å². The molecular formula is C41H52F3N6O15P. The lowest BCUT2D eigenvalue weighted by Crippen LogP contribution is -2.40. The first kappa shape index (κ1) is 55.5. The Labute approximate surface area is 375 Å². The topological polar surface area (TPSA) is 294 Å². The monoisotopic (exact) mass is 956 g/mol. The molecule has 1 atom stereocenters. The van der Waals surface area contributed by atoms with Crippen molar-refractivity contribution >= 4 is 36.6 Å². The minimum atomic E-state index is -4.84. The van der Waals surface area contributed by atoms with Gasteiger partial charge < -0.3 is 34.4 Å². The van der Waals surface area contributed by atoms with Crippen LogP contribution in [0.15, 0.2) is 64.2 Å². The summed E-state index contributed by atoms with van der Waals surface area (Å²) in [6.07, 6.45) is -4.04. The van der Waals surface area contributed by atoms with E-state index in [0.717, 1.165) is 31.9 Å². The Balaban J connectivity index is 0.000000416. The smallest absolute Gasteiger partial charge is 0.431 e. The number of halogens is 3. The zero-order valence-corrected chi connectivity index (χ0v) is 38.1. The van der Waals surface area contributed by atoms with Crippen molar-refractivity contribution in [2.45, 2.75) is 85.7 Å². The number of carboxylic acids is 1. The quantitative estimate of drug-likeness (QED) is 0.0323. The van der Waals surface area contributed by atoms with Crippen molar-refractivity contribution in [2.75, 3.05) is 25.3 Å². The molecule has 0 saturated heterocycles. The Kier molecular flexibility index (Phi) is 20.7. The number of carboxylic acid groups (broad SMARTS) is 1. The van der Waals surface area contributed by atoms with E-state index in [-0.39, 0.29) is 35.4 Å². The van der Waals surface area contributed by atoms with Crippen LogP contribution in [0.5, 0.6) is 11.5 Å². The molecule has 362 valence electrons. The molecule has 25 heteroatoms. The summed E-state index contributed by atoms with van der Waals surface area (Å²) in [4.78, 5) is 83.9. The third-order valence-electron chi connectivity index (χ3n) is 9.58. The van der Waals surface area contributed by atoms with Gasteiger partial charge in [-0.25, -0.2) is 14.2 Å². The van der Waals surface area contributed by atoms with Gasteiger partial charge in [-0.15, -0.1) is 0 Å². The largest absolute Gasteiger partial charge is 0.489 e. The Morgan fingerprint density at radius 3 is 2.05 bits per heavy atom. The van der Waals surface area contributed by atoms with Crippen LogP contribution in [0, 0.1) is 34.1 Å². The lowest BCUT2D eigenvalue weighted by Gasteiger charge is -2.17. The normalized spacial score (nSPS) is 11.6. The van der Waals surface area contributed by atoms with Crippen LogP contribution in [0.25, 0.3) is 5.69 Å². The number of rotatable bonds is 18. The molecule has 0 aliphatic rings. The van der Waals surface area contributed by atoms with E-state index in [9.17, 15) is 57.1 Å². The van der Waals surface area contributed by atoms with Crippen molar-refractivity contribution < 1.29 is 66.3 Å². The molecule has 0 saturated carbocycles. The molecule has 66 heavy (non-hydrogen) atoms. The minimum Gasteiger partial charge on any atom is -0.489 e. The number of methoxy groups -OCH3 is 1. The van der Waals surface area contributed by atoms with Crippen LogP contribution >= 0.6 is 7.60 Å². The number of alkyl halides is 3. The number of aromatic nitrogens is 2. The fourth-order valence-corrected chi connectivity index (χ4v) is 6.24. The Bertz CT molecular complexity index is 2520. The number of aliphatic carboxylic acids is 1. The summed E-state index contributed by atoms with van der Waals surface area (Å²) in [5.74, 6) is -0.830. The number of ether oxygens (including phenoxy) is 3. The second-order valence-corrected chi connectivity index (χ2v) is 15.9. The van der Waals surface area contributed by atoms with E-state index in [0.29, 0.717) is 43.4 Å². The molecule has 4 rings (SSSR count). The average molecular weight is 957 g/mol. The molecule has 0 amide bonds. The molecule has 0 radical (unpaired) electrons. The van der Waals surface area contributed by atoms with Crippen molar-refractivity contribution in [1.29, 1.82) is 0 Å². The highest BCUT2D eigenvalue weighted by Crippen LogP contribution is 2.40. The second-order valence-electron chi connectivity index (χ2n) is 14.3. The summed E-state index contributed by atoms with van der Waals surface area (Å²) in [6, 6.07) is 13.0. The number of nitrogens with one attached hydrogen (secondary N) is 2. The highest BCUT2D eigenvalue weighted by molar-refractivity contribution is 7.51. The van der Waals surface area contributed by atoms with E-state index in [2.05, 4.69) is 10.6 Å². The number of benzene rings is 3. The first-order valence-corrected chi connectivity index (χ1v) is 21.7. The zero-order chi connectivity index (χ0) is 50.3. The maximum atomic E-state index is 13.1. The molecular weight excluding hydrogens is 904 g/mol. The van der Waals surface area contributed by atoms with Crippen molar-refractivity contribution in [3.63, 3.8) is 0 Å². The molecule has 1 unspecified atom stereocenters. The highest BCUT2D eigenvalue weighted by atomic mass is 31.2. The summed E-state index contributed by atoms with van der Waals surface area (Å²) in [5.41, 5.74) is -1.25. The van der Waals surface area contributed by atoms with Gasteiger partial charge in [-0.1, -0.05) is 32.9 Å². The number of carbonyl (C=O) groups is 2. The lowest BCUT2D eigenvalue weighted by molar-refractivity contribution is -0.392. The molecule has 1 aromatic heterocycles. The molecule has 0 fully saturated rings. The number of carbonyl (C=O) groups excluding carboxylic acids is 1. The zero-order valence-electron chi connectivity index (χ0n) is 37.2. The predicted molar refractivity (Wildman–Crippen MR) is 234 cm³/mol. The first-order chi connectivity index (χ1) is 30.7. The third-order valence-corrected chi connectivity index (χ3v) is 10.2. The molecule has 1 heterocycles. The Morgan fingerprint density at radius 1 is 0.955 bits per heavy atom. The molecule has 4 aromatic rings. The van der Waals surface area contributed by atoms with Crippen LogP contribution in [0.2, 0.25) is 0 Å².